The average molecular weight is 383 g/mol. The zero-order valence-corrected chi connectivity index (χ0v) is 16.6. The number of hydrogen-bond acceptors (Lipinski definition) is 5. The standard InChI is InChI=1S/C23H29NO4/c1-16-3-8-22-19(13-16)20(25)14-23(28-22)9-11-24(12-10-23)15-21(26)17-4-6-18(27-2)7-5-17/h3-8,13,20-21,25-26H,9-12,14-15H2,1-2H3/t20-,21-/m0/s1. The lowest BCUT2D eigenvalue weighted by atomic mass is 9.81. The van der Waals surface area contributed by atoms with E-state index < -0.39 is 12.2 Å². The number of nitrogens with zero attached hydrogens (tertiary/aromatic N) is 1. The van der Waals surface area contributed by atoms with Crippen molar-refractivity contribution in [2.24, 2.45) is 0 Å². The molecule has 2 aromatic rings. The monoisotopic (exact) mass is 383 g/mol. The molecule has 2 aliphatic rings. The van der Waals surface area contributed by atoms with Gasteiger partial charge >= 0.3 is 0 Å². The van der Waals surface area contributed by atoms with Gasteiger partial charge in [-0.25, -0.2) is 0 Å². The van der Waals surface area contributed by atoms with Gasteiger partial charge in [0, 0.05) is 31.6 Å². The van der Waals surface area contributed by atoms with Crippen LogP contribution in [-0.4, -0.2) is 47.5 Å². The number of fused-ring (bicyclic) bond motifs is 1. The molecule has 1 saturated heterocycles. The Morgan fingerprint density at radius 2 is 1.89 bits per heavy atom. The SMILES string of the molecule is COc1ccc([C@@H](O)CN2CCC3(CC2)C[C@H](O)c2cc(C)ccc2O3)cc1. The number of rotatable bonds is 4. The Bertz CT molecular complexity index is 812. The minimum atomic E-state index is -0.526. The maximum Gasteiger partial charge on any atom is 0.125 e. The van der Waals surface area contributed by atoms with E-state index in [0.29, 0.717) is 13.0 Å². The highest BCUT2D eigenvalue weighted by Gasteiger charge is 2.43. The number of likely N-dealkylation sites (tertiary alicyclic amines) is 1. The summed E-state index contributed by atoms with van der Waals surface area (Å²) in [5.74, 6) is 1.61. The van der Waals surface area contributed by atoms with Crippen LogP contribution in [0.25, 0.3) is 0 Å². The third-order valence-corrected chi connectivity index (χ3v) is 6.12. The van der Waals surface area contributed by atoms with Crippen molar-refractivity contribution >= 4 is 0 Å². The fourth-order valence-corrected chi connectivity index (χ4v) is 4.38. The lowest BCUT2D eigenvalue weighted by Crippen LogP contribution is -2.51. The van der Waals surface area contributed by atoms with Gasteiger partial charge in [-0.2, -0.15) is 0 Å². The van der Waals surface area contributed by atoms with Gasteiger partial charge in [0.05, 0.1) is 19.3 Å². The fourth-order valence-electron chi connectivity index (χ4n) is 4.38. The quantitative estimate of drug-likeness (QED) is 0.847. The maximum atomic E-state index is 10.7. The van der Waals surface area contributed by atoms with Crippen LogP contribution in [0, 0.1) is 6.92 Å². The van der Waals surface area contributed by atoms with E-state index in [1.807, 2.05) is 49.4 Å². The van der Waals surface area contributed by atoms with Crippen LogP contribution >= 0.6 is 0 Å². The number of methoxy groups -OCH3 is 1. The number of aliphatic hydroxyl groups excluding tert-OH is 2. The fraction of sp³-hybridized carbons (Fsp3) is 0.478. The third kappa shape index (κ3) is 3.88. The second-order valence-corrected chi connectivity index (χ2v) is 8.14. The maximum absolute atomic E-state index is 10.7. The van der Waals surface area contributed by atoms with Gasteiger partial charge in [-0.3, -0.25) is 0 Å². The van der Waals surface area contributed by atoms with E-state index in [0.717, 1.165) is 54.1 Å². The molecule has 2 aromatic carbocycles. The first-order valence-electron chi connectivity index (χ1n) is 10.00. The Hall–Kier alpha value is -2.08. The molecule has 150 valence electrons. The van der Waals surface area contributed by atoms with Crippen molar-refractivity contribution in [1.29, 1.82) is 0 Å². The molecule has 0 radical (unpaired) electrons. The highest BCUT2D eigenvalue weighted by Crippen LogP contribution is 2.44. The molecular formula is C23H29NO4. The second kappa shape index (κ2) is 7.74. The van der Waals surface area contributed by atoms with Gasteiger partial charge in [0.1, 0.15) is 17.1 Å². The molecule has 2 heterocycles. The number of benzene rings is 2. The number of aryl methyl sites for hydroxylation is 1. The van der Waals surface area contributed by atoms with Crippen LogP contribution in [0.1, 0.15) is 48.2 Å². The number of aliphatic hydroxyl groups is 2. The van der Waals surface area contributed by atoms with E-state index in [9.17, 15) is 10.2 Å². The van der Waals surface area contributed by atoms with Crippen LogP contribution in [-0.2, 0) is 0 Å². The molecule has 0 amide bonds. The molecule has 28 heavy (non-hydrogen) atoms. The van der Waals surface area contributed by atoms with Gasteiger partial charge in [-0.05, 0) is 49.6 Å². The Labute approximate surface area is 166 Å². The van der Waals surface area contributed by atoms with Crippen molar-refractivity contribution < 1.29 is 19.7 Å². The summed E-state index contributed by atoms with van der Waals surface area (Å²) in [6.45, 7) is 4.33. The molecule has 5 heteroatoms. The Morgan fingerprint density at radius 1 is 1.18 bits per heavy atom. The van der Waals surface area contributed by atoms with Crippen LogP contribution in [0.2, 0.25) is 0 Å². The third-order valence-electron chi connectivity index (χ3n) is 6.12. The first kappa shape index (κ1) is 19.2. The molecule has 1 spiro atoms. The van der Waals surface area contributed by atoms with Crippen molar-refractivity contribution in [3.05, 3.63) is 59.2 Å². The molecule has 1 fully saturated rings. The van der Waals surface area contributed by atoms with Gasteiger partial charge in [0.2, 0.25) is 0 Å². The van der Waals surface area contributed by atoms with Crippen molar-refractivity contribution in [2.45, 2.75) is 44.0 Å². The van der Waals surface area contributed by atoms with Crippen LogP contribution in [0.3, 0.4) is 0 Å². The Morgan fingerprint density at radius 3 is 2.57 bits per heavy atom. The molecule has 2 N–H and O–H groups in total. The zero-order chi connectivity index (χ0) is 19.7. The van der Waals surface area contributed by atoms with Gasteiger partial charge in [-0.1, -0.05) is 23.8 Å². The van der Waals surface area contributed by atoms with Crippen molar-refractivity contribution in [1.82, 2.24) is 4.90 Å². The smallest absolute Gasteiger partial charge is 0.125 e. The number of hydrogen-bond donors (Lipinski definition) is 2. The summed E-state index contributed by atoms with van der Waals surface area (Å²) < 4.78 is 11.6. The normalized spacial score (nSPS) is 22.4. The van der Waals surface area contributed by atoms with Crippen LogP contribution in [0.15, 0.2) is 42.5 Å². The molecular weight excluding hydrogens is 354 g/mol. The summed E-state index contributed by atoms with van der Waals surface area (Å²) in [5.41, 5.74) is 2.64. The van der Waals surface area contributed by atoms with Gasteiger partial charge in [0.25, 0.3) is 0 Å². The molecule has 2 atom stereocenters. The van der Waals surface area contributed by atoms with E-state index in [1.165, 1.54) is 0 Å². The summed E-state index contributed by atoms with van der Waals surface area (Å²) >= 11 is 0. The highest BCUT2D eigenvalue weighted by atomic mass is 16.5. The van der Waals surface area contributed by atoms with Crippen LogP contribution in [0.4, 0.5) is 0 Å². The first-order chi connectivity index (χ1) is 13.5. The van der Waals surface area contributed by atoms with Crippen molar-refractivity contribution in [3.63, 3.8) is 0 Å². The zero-order valence-electron chi connectivity index (χ0n) is 16.6. The molecule has 0 bridgehead atoms. The number of ether oxygens (including phenoxy) is 2. The Balaban J connectivity index is 1.37. The molecule has 0 aromatic heterocycles. The molecule has 4 rings (SSSR count). The van der Waals surface area contributed by atoms with Crippen LogP contribution < -0.4 is 9.47 Å². The van der Waals surface area contributed by atoms with Crippen LogP contribution in [0.5, 0.6) is 11.5 Å². The molecule has 0 aliphatic carbocycles. The van der Waals surface area contributed by atoms with Crippen molar-refractivity contribution in [2.75, 3.05) is 26.7 Å². The van der Waals surface area contributed by atoms with Gasteiger partial charge < -0.3 is 24.6 Å². The lowest BCUT2D eigenvalue weighted by molar-refractivity contribution is -0.0588. The largest absolute Gasteiger partial charge is 0.497 e. The summed E-state index contributed by atoms with van der Waals surface area (Å²) in [6, 6.07) is 13.6. The lowest BCUT2D eigenvalue weighted by Gasteiger charge is -2.46. The van der Waals surface area contributed by atoms with E-state index in [4.69, 9.17) is 9.47 Å². The van der Waals surface area contributed by atoms with E-state index in [-0.39, 0.29) is 5.60 Å². The van der Waals surface area contributed by atoms with E-state index in [2.05, 4.69) is 4.90 Å². The molecule has 5 nitrogen and oxygen atoms in total. The number of β-amino-alcohol motifs (C(OH)–C–C–N with tert-alkyl or cyclic N) is 1. The van der Waals surface area contributed by atoms with Gasteiger partial charge in [0.15, 0.2) is 0 Å². The first-order valence-corrected chi connectivity index (χ1v) is 10.00. The predicted molar refractivity (Wildman–Crippen MR) is 108 cm³/mol. The van der Waals surface area contributed by atoms with E-state index in [1.54, 1.807) is 7.11 Å². The summed E-state index contributed by atoms with van der Waals surface area (Å²) in [7, 11) is 1.64. The Kier molecular flexibility index (Phi) is 5.32. The van der Waals surface area contributed by atoms with E-state index >= 15 is 0 Å². The minimum absolute atomic E-state index is 0.302. The summed E-state index contributed by atoms with van der Waals surface area (Å²) in [6.07, 6.45) is 1.35. The topological polar surface area (TPSA) is 62.2 Å². The minimum Gasteiger partial charge on any atom is -0.497 e. The molecule has 0 saturated carbocycles. The highest BCUT2D eigenvalue weighted by molar-refractivity contribution is 5.41. The summed E-state index contributed by atoms with van der Waals surface area (Å²) in [5, 5.41) is 21.2. The summed E-state index contributed by atoms with van der Waals surface area (Å²) in [4.78, 5) is 2.28. The molecule has 2 aliphatic heterocycles. The number of piperidine rings is 1. The molecule has 0 unspecified atom stereocenters. The van der Waals surface area contributed by atoms with Crippen molar-refractivity contribution in [3.8, 4) is 11.5 Å². The van der Waals surface area contributed by atoms with Gasteiger partial charge in [-0.15, -0.1) is 0 Å². The average Bonchev–Trinajstić information content (AvgIpc) is 2.71. The predicted octanol–water partition coefficient (Wildman–Crippen LogP) is 3.39. The second-order valence-electron chi connectivity index (χ2n) is 8.14.